The summed E-state index contributed by atoms with van der Waals surface area (Å²) in [7, 11) is 0. The van der Waals surface area contributed by atoms with E-state index in [1.165, 1.54) is 22.4 Å². The van der Waals surface area contributed by atoms with Crippen molar-refractivity contribution in [1.82, 2.24) is 9.88 Å². The number of hydrogen-bond donors (Lipinski definition) is 1. The standard InChI is InChI=1S/C12H15FN2O3S/c1-7(2)9-14-5-8(19-9)10(16)15-4-3-12(13,6-15)11(17)18/h5,7H,3-4,6H2,1-2H3,(H,17,18). The molecule has 1 unspecified atom stereocenters. The van der Waals surface area contributed by atoms with Crippen molar-refractivity contribution in [2.45, 2.75) is 31.9 Å². The van der Waals surface area contributed by atoms with Crippen molar-refractivity contribution in [3.05, 3.63) is 16.1 Å². The summed E-state index contributed by atoms with van der Waals surface area (Å²) in [5, 5.41) is 9.64. The van der Waals surface area contributed by atoms with Crippen molar-refractivity contribution >= 4 is 23.2 Å². The van der Waals surface area contributed by atoms with Crippen LogP contribution in [0.1, 0.15) is 40.9 Å². The summed E-state index contributed by atoms with van der Waals surface area (Å²) in [6.45, 7) is 3.67. The van der Waals surface area contributed by atoms with Crippen molar-refractivity contribution in [1.29, 1.82) is 0 Å². The van der Waals surface area contributed by atoms with Gasteiger partial charge < -0.3 is 10.0 Å². The number of alkyl halides is 1. The lowest BCUT2D eigenvalue weighted by Crippen LogP contribution is -2.38. The van der Waals surface area contributed by atoms with Gasteiger partial charge in [0.25, 0.3) is 5.91 Å². The van der Waals surface area contributed by atoms with Gasteiger partial charge >= 0.3 is 5.97 Å². The molecular weight excluding hydrogens is 271 g/mol. The molecule has 1 aliphatic rings. The molecule has 1 aromatic rings. The molecule has 7 heteroatoms. The summed E-state index contributed by atoms with van der Waals surface area (Å²) in [4.78, 5) is 28.7. The summed E-state index contributed by atoms with van der Waals surface area (Å²) < 4.78 is 13.9. The molecule has 1 amide bonds. The molecule has 0 spiro atoms. The second-order valence-electron chi connectivity index (χ2n) is 4.96. The molecule has 1 atom stereocenters. The van der Waals surface area contributed by atoms with Crippen LogP contribution >= 0.6 is 11.3 Å². The normalized spacial score (nSPS) is 23.1. The number of halogens is 1. The van der Waals surface area contributed by atoms with Gasteiger partial charge in [0.1, 0.15) is 4.88 Å². The Morgan fingerprint density at radius 1 is 1.58 bits per heavy atom. The highest BCUT2D eigenvalue weighted by molar-refractivity contribution is 7.13. The molecule has 1 aliphatic heterocycles. The zero-order valence-corrected chi connectivity index (χ0v) is 11.5. The van der Waals surface area contributed by atoms with E-state index in [9.17, 15) is 14.0 Å². The minimum atomic E-state index is -2.32. The Bertz CT molecular complexity index is 517. The first kappa shape index (κ1) is 13.9. The van der Waals surface area contributed by atoms with E-state index in [1.807, 2.05) is 13.8 Å². The Labute approximate surface area is 114 Å². The highest BCUT2D eigenvalue weighted by atomic mass is 32.1. The summed E-state index contributed by atoms with van der Waals surface area (Å²) >= 11 is 1.27. The van der Waals surface area contributed by atoms with E-state index < -0.39 is 18.2 Å². The van der Waals surface area contributed by atoms with E-state index in [0.29, 0.717) is 4.88 Å². The number of rotatable bonds is 3. The zero-order chi connectivity index (χ0) is 14.2. The predicted octanol–water partition coefficient (Wildman–Crippen LogP) is 1.91. The van der Waals surface area contributed by atoms with Crippen molar-refractivity contribution in [2.24, 2.45) is 0 Å². The molecule has 0 bridgehead atoms. The number of likely N-dealkylation sites (tertiary alicyclic amines) is 1. The van der Waals surface area contributed by atoms with Gasteiger partial charge in [0, 0.05) is 18.9 Å². The fourth-order valence-electron chi connectivity index (χ4n) is 1.93. The lowest BCUT2D eigenvalue weighted by Gasteiger charge is -2.16. The van der Waals surface area contributed by atoms with Crippen LogP contribution in [0.4, 0.5) is 4.39 Å². The number of carbonyl (C=O) groups is 2. The van der Waals surface area contributed by atoms with Crippen LogP contribution < -0.4 is 0 Å². The molecule has 2 rings (SSSR count). The van der Waals surface area contributed by atoms with Gasteiger partial charge in [0.2, 0.25) is 5.67 Å². The predicted molar refractivity (Wildman–Crippen MR) is 68.2 cm³/mol. The number of thiazole rings is 1. The number of nitrogens with zero attached hydrogens (tertiary/aromatic N) is 2. The summed E-state index contributed by atoms with van der Waals surface area (Å²) in [6, 6.07) is 0. The lowest BCUT2D eigenvalue weighted by molar-refractivity contribution is -0.149. The van der Waals surface area contributed by atoms with E-state index in [4.69, 9.17) is 5.11 Å². The third-order valence-electron chi connectivity index (χ3n) is 3.12. The maximum absolute atomic E-state index is 13.9. The van der Waals surface area contributed by atoms with Crippen LogP contribution in [-0.4, -0.2) is 45.6 Å². The Morgan fingerprint density at radius 2 is 2.26 bits per heavy atom. The number of amides is 1. The van der Waals surface area contributed by atoms with E-state index in [0.717, 1.165) is 5.01 Å². The first-order chi connectivity index (χ1) is 8.83. The Morgan fingerprint density at radius 3 is 2.74 bits per heavy atom. The zero-order valence-electron chi connectivity index (χ0n) is 10.7. The van der Waals surface area contributed by atoms with Crippen molar-refractivity contribution < 1.29 is 19.1 Å². The monoisotopic (exact) mass is 286 g/mol. The number of hydrogen-bond acceptors (Lipinski definition) is 4. The van der Waals surface area contributed by atoms with Crippen molar-refractivity contribution in [3.8, 4) is 0 Å². The summed E-state index contributed by atoms with van der Waals surface area (Å²) in [5.41, 5.74) is -2.32. The smallest absolute Gasteiger partial charge is 0.343 e. The van der Waals surface area contributed by atoms with Crippen molar-refractivity contribution in [3.63, 3.8) is 0 Å². The molecule has 0 radical (unpaired) electrons. The van der Waals surface area contributed by atoms with Gasteiger partial charge in [-0.25, -0.2) is 14.2 Å². The lowest BCUT2D eigenvalue weighted by atomic mass is 10.1. The van der Waals surface area contributed by atoms with Crippen LogP contribution in [0.5, 0.6) is 0 Å². The molecule has 104 valence electrons. The molecular formula is C12H15FN2O3S. The Balaban J connectivity index is 2.11. The molecule has 5 nitrogen and oxygen atoms in total. The SMILES string of the molecule is CC(C)c1ncc(C(=O)N2CCC(F)(C(=O)O)C2)s1. The molecule has 1 N–H and O–H groups in total. The van der Waals surface area contributed by atoms with Gasteiger partial charge in [-0.05, 0) is 0 Å². The molecule has 2 heterocycles. The van der Waals surface area contributed by atoms with E-state index in [2.05, 4.69) is 4.98 Å². The fourth-order valence-corrected chi connectivity index (χ4v) is 2.82. The summed E-state index contributed by atoms with van der Waals surface area (Å²) in [5.74, 6) is -1.62. The van der Waals surface area contributed by atoms with Crippen LogP contribution in [0.25, 0.3) is 0 Å². The van der Waals surface area contributed by atoms with E-state index in [1.54, 1.807) is 0 Å². The molecule has 1 saturated heterocycles. The number of carboxylic acids is 1. The largest absolute Gasteiger partial charge is 0.479 e. The topological polar surface area (TPSA) is 70.5 Å². The Hall–Kier alpha value is -1.50. The third-order valence-corrected chi connectivity index (χ3v) is 4.40. The minimum absolute atomic E-state index is 0.122. The molecule has 1 fully saturated rings. The molecule has 0 aliphatic carbocycles. The molecule has 0 aromatic carbocycles. The average Bonchev–Trinajstić information content (AvgIpc) is 2.95. The van der Waals surface area contributed by atoms with Gasteiger partial charge in [0.05, 0.1) is 17.7 Å². The third kappa shape index (κ3) is 2.60. The van der Waals surface area contributed by atoms with E-state index in [-0.39, 0.29) is 24.8 Å². The highest BCUT2D eigenvalue weighted by Gasteiger charge is 2.47. The van der Waals surface area contributed by atoms with Gasteiger partial charge in [-0.3, -0.25) is 4.79 Å². The molecule has 19 heavy (non-hydrogen) atoms. The second kappa shape index (κ2) is 4.88. The second-order valence-corrected chi connectivity index (χ2v) is 6.03. The fraction of sp³-hybridized carbons (Fsp3) is 0.583. The van der Waals surface area contributed by atoms with E-state index >= 15 is 0 Å². The average molecular weight is 286 g/mol. The molecule has 1 aromatic heterocycles. The number of carboxylic acid groups (broad SMARTS) is 1. The maximum Gasteiger partial charge on any atom is 0.343 e. The maximum atomic E-state index is 13.9. The number of aromatic nitrogens is 1. The minimum Gasteiger partial charge on any atom is -0.479 e. The van der Waals surface area contributed by atoms with Crippen LogP contribution in [0.15, 0.2) is 6.20 Å². The van der Waals surface area contributed by atoms with Crippen LogP contribution in [0.2, 0.25) is 0 Å². The van der Waals surface area contributed by atoms with Gasteiger partial charge in [-0.1, -0.05) is 13.8 Å². The van der Waals surface area contributed by atoms with Crippen LogP contribution in [-0.2, 0) is 4.79 Å². The van der Waals surface area contributed by atoms with Gasteiger partial charge in [0.15, 0.2) is 0 Å². The van der Waals surface area contributed by atoms with Crippen LogP contribution in [0.3, 0.4) is 0 Å². The van der Waals surface area contributed by atoms with Gasteiger partial charge in [-0.15, -0.1) is 11.3 Å². The first-order valence-corrected chi connectivity index (χ1v) is 6.82. The van der Waals surface area contributed by atoms with Crippen LogP contribution in [0, 0.1) is 0 Å². The van der Waals surface area contributed by atoms with Crippen molar-refractivity contribution in [2.75, 3.05) is 13.1 Å². The Kier molecular flexibility index (Phi) is 3.58. The molecule has 0 saturated carbocycles. The highest BCUT2D eigenvalue weighted by Crippen LogP contribution is 2.29. The summed E-state index contributed by atoms with van der Waals surface area (Å²) in [6.07, 6.45) is 1.31. The van der Waals surface area contributed by atoms with Gasteiger partial charge in [-0.2, -0.15) is 0 Å². The first-order valence-electron chi connectivity index (χ1n) is 6.01. The number of carbonyl (C=O) groups excluding carboxylic acids is 1. The number of aliphatic carboxylic acids is 1. The quantitative estimate of drug-likeness (QED) is 0.921.